The van der Waals surface area contributed by atoms with Crippen LogP contribution in [0, 0.1) is 13.8 Å². The van der Waals surface area contributed by atoms with Crippen LogP contribution >= 0.6 is 0 Å². The lowest BCUT2D eigenvalue weighted by atomic mass is 10.1. The third-order valence-electron chi connectivity index (χ3n) is 2.84. The average Bonchev–Trinajstić information content (AvgIpc) is 2.49. The molecule has 0 aromatic carbocycles. The molecule has 96 valence electrons. The zero-order chi connectivity index (χ0) is 13.2. The van der Waals surface area contributed by atoms with Gasteiger partial charge in [0.15, 0.2) is 0 Å². The summed E-state index contributed by atoms with van der Waals surface area (Å²) in [5.74, 6) is -0.0451. The highest BCUT2D eigenvalue weighted by Gasteiger charge is 2.17. The third-order valence-corrected chi connectivity index (χ3v) is 2.84. The molecule has 0 aliphatic rings. The summed E-state index contributed by atoms with van der Waals surface area (Å²) in [5, 5.41) is 2.87. The van der Waals surface area contributed by atoms with Crippen LogP contribution in [-0.2, 0) is 6.54 Å². The number of hydrogen-bond donors (Lipinski definition) is 2. The lowest BCUT2D eigenvalue weighted by Crippen LogP contribution is -2.45. The van der Waals surface area contributed by atoms with E-state index in [-0.39, 0.29) is 11.4 Å². The van der Waals surface area contributed by atoms with Crippen molar-refractivity contribution in [3.8, 4) is 0 Å². The van der Waals surface area contributed by atoms with Crippen molar-refractivity contribution in [3.05, 3.63) is 23.0 Å². The Balaban J connectivity index is 2.83. The maximum atomic E-state index is 12.0. The fraction of sp³-hybridized carbons (Fsp3) is 0.615. The molecule has 1 heterocycles. The molecule has 0 radical (unpaired) electrons. The molecule has 0 aliphatic carbocycles. The van der Waals surface area contributed by atoms with Gasteiger partial charge in [-0.25, -0.2) is 0 Å². The second-order valence-corrected chi connectivity index (χ2v) is 5.20. The van der Waals surface area contributed by atoms with Gasteiger partial charge in [0.25, 0.3) is 5.91 Å². The molecule has 0 saturated heterocycles. The van der Waals surface area contributed by atoms with Crippen LogP contribution in [0.4, 0.5) is 0 Å². The van der Waals surface area contributed by atoms with Crippen LogP contribution < -0.4 is 11.1 Å². The van der Waals surface area contributed by atoms with Crippen LogP contribution in [0.5, 0.6) is 0 Å². The van der Waals surface area contributed by atoms with Gasteiger partial charge in [-0.2, -0.15) is 0 Å². The number of hydrogen-bond acceptors (Lipinski definition) is 2. The quantitative estimate of drug-likeness (QED) is 0.835. The second-order valence-electron chi connectivity index (χ2n) is 5.20. The van der Waals surface area contributed by atoms with Gasteiger partial charge < -0.3 is 15.6 Å². The Hall–Kier alpha value is -1.29. The predicted molar refractivity (Wildman–Crippen MR) is 70.2 cm³/mol. The maximum Gasteiger partial charge on any atom is 0.253 e. The molecule has 4 nitrogen and oxygen atoms in total. The first kappa shape index (κ1) is 13.8. The first-order valence-corrected chi connectivity index (χ1v) is 6.00. The Kier molecular flexibility index (Phi) is 3.98. The van der Waals surface area contributed by atoms with Crippen molar-refractivity contribution in [2.45, 2.75) is 46.7 Å². The summed E-state index contributed by atoms with van der Waals surface area (Å²) in [6.07, 6.45) is 0. The van der Waals surface area contributed by atoms with Crippen molar-refractivity contribution in [1.82, 2.24) is 9.88 Å². The van der Waals surface area contributed by atoms with Gasteiger partial charge in [0, 0.05) is 30.0 Å². The van der Waals surface area contributed by atoms with Crippen LogP contribution in [0.15, 0.2) is 6.07 Å². The highest BCUT2D eigenvalue weighted by atomic mass is 16.1. The molecular weight excluding hydrogens is 214 g/mol. The van der Waals surface area contributed by atoms with E-state index < -0.39 is 0 Å². The molecular formula is C13H23N3O. The van der Waals surface area contributed by atoms with Gasteiger partial charge in [-0.05, 0) is 40.7 Å². The molecule has 0 atom stereocenters. The van der Waals surface area contributed by atoms with Gasteiger partial charge in [-0.1, -0.05) is 0 Å². The number of carbonyl (C=O) groups is 1. The number of aromatic nitrogens is 1. The number of amides is 1. The molecule has 1 rings (SSSR count). The van der Waals surface area contributed by atoms with Crippen LogP contribution in [0.25, 0.3) is 0 Å². The monoisotopic (exact) mass is 237 g/mol. The standard InChI is InChI=1S/C13H23N3O/c1-6-16-9(2)7-11(10(16)3)12(17)15-8-13(4,5)14/h7H,6,8,14H2,1-5H3,(H,15,17). The van der Waals surface area contributed by atoms with Gasteiger partial charge >= 0.3 is 0 Å². The summed E-state index contributed by atoms with van der Waals surface area (Å²) in [6.45, 7) is 11.2. The molecule has 0 saturated carbocycles. The Morgan fingerprint density at radius 1 is 1.47 bits per heavy atom. The first-order valence-electron chi connectivity index (χ1n) is 6.00. The zero-order valence-corrected chi connectivity index (χ0v) is 11.4. The van der Waals surface area contributed by atoms with E-state index in [0.29, 0.717) is 6.54 Å². The number of nitrogens with one attached hydrogen (secondary N) is 1. The maximum absolute atomic E-state index is 12.0. The summed E-state index contributed by atoms with van der Waals surface area (Å²) < 4.78 is 2.13. The lowest BCUT2D eigenvalue weighted by molar-refractivity contribution is 0.0945. The summed E-state index contributed by atoms with van der Waals surface area (Å²) in [4.78, 5) is 12.0. The second kappa shape index (κ2) is 4.92. The molecule has 1 aromatic rings. The molecule has 3 N–H and O–H groups in total. The minimum absolute atomic E-state index is 0.0451. The number of nitrogens with zero attached hydrogens (tertiary/aromatic N) is 1. The van der Waals surface area contributed by atoms with E-state index in [1.807, 2.05) is 33.8 Å². The molecule has 1 amide bonds. The van der Waals surface area contributed by atoms with E-state index in [4.69, 9.17) is 5.73 Å². The van der Waals surface area contributed by atoms with Crippen LogP contribution in [0.2, 0.25) is 0 Å². The molecule has 4 heteroatoms. The van der Waals surface area contributed by atoms with E-state index >= 15 is 0 Å². The van der Waals surface area contributed by atoms with E-state index in [2.05, 4.69) is 16.8 Å². The molecule has 17 heavy (non-hydrogen) atoms. The minimum atomic E-state index is -0.383. The molecule has 0 spiro atoms. The van der Waals surface area contributed by atoms with E-state index in [0.717, 1.165) is 23.5 Å². The van der Waals surface area contributed by atoms with Gasteiger partial charge in [0.1, 0.15) is 0 Å². The zero-order valence-electron chi connectivity index (χ0n) is 11.4. The van der Waals surface area contributed by atoms with E-state index in [1.54, 1.807) is 0 Å². The van der Waals surface area contributed by atoms with Gasteiger partial charge in [-0.3, -0.25) is 4.79 Å². The van der Waals surface area contributed by atoms with Crippen LogP contribution in [-0.4, -0.2) is 22.6 Å². The van der Waals surface area contributed by atoms with E-state index in [1.165, 1.54) is 0 Å². The fourth-order valence-electron chi connectivity index (χ4n) is 1.92. The van der Waals surface area contributed by atoms with Crippen molar-refractivity contribution in [3.63, 3.8) is 0 Å². The fourth-order valence-corrected chi connectivity index (χ4v) is 1.92. The van der Waals surface area contributed by atoms with Crippen molar-refractivity contribution in [2.24, 2.45) is 5.73 Å². The van der Waals surface area contributed by atoms with Crippen molar-refractivity contribution >= 4 is 5.91 Å². The van der Waals surface area contributed by atoms with Gasteiger partial charge in [0.05, 0.1) is 5.56 Å². The largest absolute Gasteiger partial charge is 0.350 e. The van der Waals surface area contributed by atoms with Gasteiger partial charge in [-0.15, -0.1) is 0 Å². The summed E-state index contributed by atoms with van der Waals surface area (Å²) in [7, 11) is 0. The Labute approximate surface area is 103 Å². The summed E-state index contributed by atoms with van der Waals surface area (Å²) in [6, 6.07) is 1.93. The Bertz CT molecular complexity index is 413. The minimum Gasteiger partial charge on any atom is -0.350 e. The molecule has 0 unspecified atom stereocenters. The number of carbonyl (C=O) groups excluding carboxylic acids is 1. The molecule has 1 aromatic heterocycles. The molecule has 0 aliphatic heterocycles. The predicted octanol–water partition coefficient (Wildman–Crippen LogP) is 1.59. The number of aryl methyl sites for hydroxylation is 1. The highest BCUT2D eigenvalue weighted by Crippen LogP contribution is 2.14. The Morgan fingerprint density at radius 2 is 2.06 bits per heavy atom. The van der Waals surface area contributed by atoms with Crippen molar-refractivity contribution < 1.29 is 4.79 Å². The lowest BCUT2D eigenvalue weighted by Gasteiger charge is -2.18. The van der Waals surface area contributed by atoms with Crippen LogP contribution in [0.1, 0.15) is 42.5 Å². The summed E-state index contributed by atoms with van der Waals surface area (Å²) in [5.41, 5.74) is 8.33. The average molecular weight is 237 g/mol. The van der Waals surface area contributed by atoms with E-state index in [9.17, 15) is 4.79 Å². The van der Waals surface area contributed by atoms with Gasteiger partial charge in [0.2, 0.25) is 0 Å². The topological polar surface area (TPSA) is 60.0 Å². The summed E-state index contributed by atoms with van der Waals surface area (Å²) >= 11 is 0. The third kappa shape index (κ3) is 3.33. The first-order chi connectivity index (χ1) is 7.76. The highest BCUT2D eigenvalue weighted by molar-refractivity contribution is 5.95. The number of nitrogens with two attached hydrogens (primary N) is 1. The SMILES string of the molecule is CCn1c(C)cc(C(=O)NCC(C)(C)N)c1C. The molecule has 0 bridgehead atoms. The van der Waals surface area contributed by atoms with Crippen molar-refractivity contribution in [1.29, 1.82) is 0 Å². The Morgan fingerprint density at radius 3 is 2.47 bits per heavy atom. The number of rotatable bonds is 4. The van der Waals surface area contributed by atoms with Crippen LogP contribution in [0.3, 0.4) is 0 Å². The van der Waals surface area contributed by atoms with Crippen molar-refractivity contribution in [2.75, 3.05) is 6.54 Å². The molecule has 0 fully saturated rings. The smallest absolute Gasteiger partial charge is 0.253 e. The normalized spacial score (nSPS) is 11.6.